The van der Waals surface area contributed by atoms with E-state index in [1.54, 1.807) is 36.4 Å². The lowest BCUT2D eigenvalue weighted by molar-refractivity contribution is 0.143. The van der Waals surface area contributed by atoms with Crippen LogP contribution in [0.5, 0.6) is 5.75 Å². The van der Waals surface area contributed by atoms with E-state index in [0.717, 1.165) is 5.56 Å². The lowest BCUT2D eigenvalue weighted by Crippen LogP contribution is -2.24. The molecule has 0 fully saturated rings. The third kappa shape index (κ3) is 4.59. The number of hydrogen-bond acceptors (Lipinski definition) is 5. The summed E-state index contributed by atoms with van der Waals surface area (Å²) in [5, 5.41) is 15.0. The molecule has 3 aromatic rings. The minimum atomic E-state index is -4.06. The lowest BCUT2D eigenvalue weighted by Gasteiger charge is -2.16. The molecule has 0 aliphatic heterocycles. The van der Waals surface area contributed by atoms with Gasteiger partial charge in [0.2, 0.25) is 21.2 Å². The summed E-state index contributed by atoms with van der Waals surface area (Å²) in [6.07, 6.45) is -1.38. The summed E-state index contributed by atoms with van der Waals surface area (Å²) >= 11 is 12.3. The fourth-order valence-electron chi connectivity index (χ4n) is 3.17. The minimum Gasteiger partial charge on any atom is -0.449 e. The Bertz CT molecular complexity index is 1340. The van der Waals surface area contributed by atoms with Gasteiger partial charge in [0.05, 0.1) is 21.3 Å². The number of nitrogens with two attached hydrogens (primary N) is 1. The number of sulfonamides is 1. The van der Waals surface area contributed by atoms with Crippen molar-refractivity contribution in [2.24, 2.45) is 12.2 Å². The molecule has 11 heteroatoms. The molecule has 0 bridgehead atoms. The predicted molar refractivity (Wildman–Crippen MR) is 114 cm³/mol. The van der Waals surface area contributed by atoms with Crippen LogP contribution >= 0.6 is 23.2 Å². The SMILES string of the molecule is Cn1c(CS(N)(=O)=O)c(OC(=O)O)c(=O)c2cc(Cc3cccc(Cl)c3Cl)ccc21. The Morgan fingerprint density at radius 2 is 1.93 bits per heavy atom. The van der Waals surface area contributed by atoms with Gasteiger partial charge in [-0.05, 0) is 35.7 Å². The number of benzene rings is 2. The highest BCUT2D eigenvalue weighted by Crippen LogP contribution is 2.29. The maximum atomic E-state index is 13.0. The first kappa shape index (κ1) is 22.1. The number of halogens is 2. The number of fused-ring (bicyclic) bond motifs is 1. The Morgan fingerprint density at radius 3 is 2.57 bits per heavy atom. The van der Waals surface area contributed by atoms with E-state index in [9.17, 15) is 18.0 Å². The Balaban J connectivity index is 2.21. The van der Waals surface area contributed by atoms with Gasteiger partial charge in [-0.3, -0.25) is 4.79 Å². The van der Waals surface area contributed by atoms with Crippen molar-refractivity contribution in [1.29, 1.82) is 0 Å². The molecule has 2 aromatic carbocycles. The predicted octanol–water partition coefficient (Wildman–Crippen LogP) is 3.28. The van der Waals surface area contributed by atoms with Gasteiger partial charge in [-0.1, -0.05) is 41.4 Å². The lowest BCUT2D eigenvalue weighted by atomic mass is 10.0. The quantitative estimate of drug-likeness (QED) is 0.550. The zero-order valence-electron chi connectivity index (χ0n) is 15.6. The second-order valence-electron chi connectivity index (χ2n) is 6.58. The Labute approximate surface area is 181 Å². The van der Waals surface area contributed by atoms with Gasteiger partial charge in [-0.25, -0.2) is 18.4 Å². The van der Waals surface area contributed by atoms with Crippen molar-refractivity contribution in [2.45, 2.75) is 12.2 Å². The number of carboxylic acid groups (broad SMARTS) is 1. The van der Waals surface area contributed by atoms with E-state index in [2.05, 4.69) is 4.74 Å². The monoisotopic (exact) mass is 470 g/mol. The number of hydrogen-bond donors (Lipinski definition) is 2. The smallest absolute Gasteiger partial charge is 0.449 e. The van der Waals surface area contributed by atoms with E-state index in [-0.39, 0.29) is 11.1 Å². The van der Waals surface area contributed by atoms with Crippen LogP contribution in [-0.4, -0.2) is 24.2 Å². The van der Waals surface area contributed by atoms with Gasteiger partial charge in [0.15, 0.2) is 0 Å². The van der Waals surface area contributed by atoms with Crippen molar-refractivity contribution in [2.75, 3.05) is 0 Å². The zero-order valence-corrected chi connectivity index (χ0v) is 17.9. The summed E-state index contributed by atoms with van der Waals surface area (Å²) in [6, 6.07) is 10.2. The number of primary sulfonamides is 1. The number of nitrogens with zero attached hydrogens (tertiary/aromatic N) is 1. The van der Waals surface area contributed by atoms with Crippen molar-refractivity contribution in [3.05, 3.63) is 73.5 Å². The Morgan fingerprint density at radius 1 is 1.23 bits per heavy atom. The van der Waals surface area contributed by atoms with Gasteiger partial charge in [0.25, 0.3) is 0 Å². The first-order chi connectivity index (χ1) is 14.0. The minimum absolute atomic E-state index is 0.155. The maximum Gasteiger partial charge on any atom is 0.511 e. The summed E-state index contributed by atoms with van der Waals surface area (Å²) in [4.78, 5) is 24.0. The molecule has 3 rings (SSSR count). The molecule has 0 aliphatic carbocycles. The highest BCUT2D eigenvalue weighted by Gasteiger charge is 2.22. The maximum absolute atomic E-state index is 13.0. The highest BCUT2D eigenvalue weighted by atomic mass is 35.5. The number of carbonyl (C=O) groups is 1. The van der Waals surface area contributed by atoms with Crippen LogP contribution in [0, 0.1) is 0 Å². The molecule has 0 saturated carbocycles. The Hall–Kier alpha value is -2.59. The molecule has 8 nitrogen and oxygen atoms in total. The van der Waals surface area contributed by atoms with Crippen LogP contribution in [0.2, 0.25) is 10.0 Å². The van der Waals surface area contributed by atoms with E-state index >= 15 is 0 Å². The average Bonchev–Trinajstić information content (AvgIpc) is 2.65. The van der Waals surface area contributed by atoms with Crippen LogP contribution in [0.1, 0.15) is 16.8 Å². The number of rotatable bonds is 5. The van der Waals surface area contributed by atoms with Crippen molar-refractivity contribution < 1.29 is 23.1 Å². The summed E-state index contributed by atoms with van der Waals surface area (Å²) in [6.45, 7) is 0. The first-order valence-electron chi connectivity index (χ1n) is 8.46. The fourth-order valence-corrected chi connectivity index (χ4v) is 4.26. The molecular weight excluding hydrogens is 455 g/mol. The number of pyridine rings is 1. The van der Waals surface area contributed by atoms with Gasteiger partial charge < -0.3 is 14.4 Å². The number of aryl methyl sites for hydroxylation is 1. The molecule has 0 radical (unpaired) electrons. The average molecular weight is 471 g/mol. The zero-order chi connectivity index (χ0) is 22.2. The normalized spacial score (nSPS) is 11.6. The largest absolute Gasteiger partial charge is 0.511 e. The van der Waals surface area contributed by atoms with Crippen LogP contribution in [0.4, 0.5) is 4.79 Å². The van der Waals surface area contributed by atoms with Gasteiger partial charge in [-0.2, -0.15) is 0 Å². The second-order valence-corrected chi connectivity index (χ2v) is 8.98. The molecule has 0 amide bonds. The molecule has 158 valence electrons. The highest BCUT2D eigenvalue weighted by molar-refractivity contribution is 7.88. The van der Waals surface area contributed by atoms with Crippen molar-refractivity contribution in [3.8, 4) is 5.75 Å². The van der Waals surface area contributed by atoms with E-state index in [4.69, 9.17) is 33.4 Å². The summed E-state index contributed by atoms with van der Waals surface area (Å²) < 4.78 is 29.2. The molecule has 1 aromatic heterocycles. The molecule has 0 unspecified atom stereocenters. The second kappa shape index (κ2) is 8.27. The van der Waals surface area contributed by atoms with E-state index < -0.39 is 33.1 Å². The van der Waals surface area contributed by atoms with Crippen molar-refractivity contribution in [3.63, 3.8) is 0 Å². The van der Waals surface area contributed by atoms with Gasteiger partial charge in [0.1, 0.15) is 5.75 Å². The van der Waals surface area contributed by atoms with E-state index in [1.807, 2.05) is 0 Å². The summed E-state index contributed by atoms with van der Waals surface area (Å²) in [5.74, 6) is -1.37. The molecule has 1 heterocycles. The molecular formula is C19H16Cl2N2O6S. The van der Waals surface area contributed by atoms with Crippen LogP contribution < -0.4 is 15.3 Å². The molecule has 0 saturated heterocycles. The third-order valence-corrected chi connectivity index (χ3v) is 6.03. The third-order valence-electron chi connectivity index (χ3n) is 4.49. The molecule has 3 N–H and O–H groups in total. The van der Waals surface area contributed by atoms with Crippen LogP contribution in [0.3, 0.4) is 0 Å². The topological polar surface area (TPSA) is 129 Å². The fraction of sp³-hybridized carbons (Fsp3) is 0.158. The van der Waals surface area contributed by atoms with Gasteiger partial charge in [-0.15, -0.1) is 0 Å². The van der Waals surface area contributed by atoms with Crippen molar-refractivity contribution in [1.82, 2.24) is 4.57 Å². The van der Waals surface area contributed by atoms with Crippen LogP contribution in [0.25, 0.3) is 10.9 Å². The standard InChI is InChI=1S/C19H16Cl2N2O6S/c1-23-14-6-5-10(7-11-3-2-4-13(20)16(11)21)8-12(14)17(24)18(29-19(25)26)15(23)9-30(22,27)28/h2-6,8H,7,9H2,1H3,(H,25,26)(H2,22,27,28). The number of ether oxygens (including phenoxy) is 1. The molecule has 0 atom stereocenters. The van der Waals surface area contributed by atoms with Crippen LogP contribution in [-0.2, 0) is 29.2 Å². The van der Waals surface area contributed by atoms with Crippen LogP contribution in [0.15, 0.2) is 41.2 Å². The Kier molecular flexibility index (Phi) is 6.09. The van der Waals surface area contributed by atoms with Crippen molar-refractivity contribution >= 4 is 50.3 Å². The van der Waals surface area contributed by atoms with E-state index in [1.165, 1.54) is 11.6 Å². The van der Waals surface area contributed by atoms with Gasteiger partial charge >= 0.3 is 6.16 Å². The first-order valence-corrected chi connectivity index (χ1v) is 10.9. The summed E-state index contributed by atoms with van der Waals surface area (Å²) in [7, 11) is -2.57. The van der Waals surface area contributed by atoms with E-state index in [0.29, 0.717) is 27.5 Å². The molecule has 0 aliphatic rings. The molecule has 30 heavy (non-hydrogen) atoms. The van der Waals surface area contributed by atoms with Gasteiger partial charge in [0, 0.05) is 12.4 Å². The molecule has 0 spiro atoms. The summed E-state index contributed by atoms with van der Waals surface area (Å²) in [5.41, 5.74) is 0.918. The number of aromatic nitrogens is 1.